The normalized spacial score (nSPS) is 10.7. The molecule has 0 saturated carbocycles. The molecule has 0 aliphatic carbocycles. The number of pyridine rings is 1. The van der Waals surface area contributed by atoms with Crippen LogP contribution in [0.1, 0.15) is 12.0 Å². The van der Waals surface area contributed by atoms with E-state index >= 15 is 0 Å². The number of nitro groups is 1. The lowest BCUT2D eigenvalue weighted by Crippen LogP contribution is -2.13. The summed E-state index contributed by atoms with van der Waals surface area (Å²) >= 11 is 0. The number of non-ortho nitro benzene ring substituents is 1. The zero-order valence-electron chi connectivity index (χ0n) is 13.0. The van der Waals surface area contributed by atoms with E-state index in [1.54, 1.807) is 29.1 Å². The van der Waals surface area contributed by atoms with Crippen LogP contribution in [0.25, 0.3) is 10.9 Å². The number of amides is 1. The first-order chi connectivity index (χ1) is 11.5. The van der Waals surface area contributed by atoms with Gasteiger partial charge in [0.05, 0.1) is 16.6 Å². The number of hydrogen-bond acceptors (Lipinski definition) is 5. The maximum atomic E-state index is 12.0. The quantitative estimate of drug-likeness (QED) is 0.573. The van der Waals surface area contributed by atoms with Gasteiger partial charge in [-0.25, -0.2) is 4.98 Å². The van der Waals surface area contributed by atoms with Crippen LogP contribution in [0.15, 0.2) is 42.7 Å². The molecule has 8 heteroatoms. The standard InChI is InChI=1S/C16H15N5O3/c1-20-10-11(9-17-20)2-7-16(22)19-15-6-3-12-8-13(21(23)24)4-5-14(12)18-15/h3-6,8-10H,2,7H2,1H3,(H,18,19,22). The van der Waals surface area contributed by atoms with Gasteiger partial charge in [-0.1, -0.05) is 0 Å². The van der Waals surface area contributed by atoms with E-state index in [9.17, 15) is 14.9 Å². The molecule has 2 aromatic heterocycles. The van der Waals surface area contributed by atoms with Gasteiger partial charge in [-0.05, 0) is 30.2 Å². The van der Waals surface area contributed by atoms with Crippen molar-refractivity contribution in [2.45, 2.75) is 12.8 Å². The number of carbonyl (C=O) groups excluding carboxylic acids is 1. The Morgan fingerprint density at radius 1 is 1.33 bits per heavy atom. The number of nitrogens with one attached hydrogen (secondary N) is 1. The van der Waals surface area contributed by atoms with Crippen molar-refractivity contribution < 1.29 is 9.72 Å². The Labute approximate surface area is 137 Å². The molecule has 24 heavy (non-hydrogen) atoms. The molecule has 1 aromatic carbocycles. The third-order valence-electron chi connectivity index (χ3n) is 3.55. The van der Waals surface area contributed by atoms with Crippen LogP contribution in [0.3, 0.4) is 0 Å². The maximum absolute atomic E-state index is 12.0. The lowest BCUT2D eigenvalue weighted by atomic mass is 10.2. The van der Waals surface area contributed by atoms with E-state index in [2.05, 4.69) is 15.4 Å². The molecule has 0 radical (unpaired) electrons. The summed E-state index contributed by atoms with van der Waals surface area (Å²) in [5.41, 5.74) is 1.59. The summed E-state index contributed by atoms with van der Waals surface area (Å²) in [7, 11) is 1.83. The molecule has 122 valence electrons. The Morgan fingerprint density at radius 3 is 2.88 bits per heavy atom. The summed E-state index contributed by atoms with van der Waals surface area (Å²) in [6.07, 6.45) is 4.52. The van der Waals surface area contributed by atoms with E-state index in [0.29, 0.717) is 29.6 Å². The molecule has 0 spiro atoms. The summed E-state index contributed by atoms with van der Waals surface area (Å²) in [5, 5.41) is 18.2. The lowest BCUT2D eigenvalue weighted by molar-refractivity contribution is -0.384. The summed E-state index contributed by atoms with van der Waals surface area (Å²) in [6, 6.07) is 7.75. The van der Waals surface area contributed by atoms with Crippen LogP contribution in [-0.2, 0) is 18.3 Å². The number of aryl methyl sites for hydroxylation is 2. The van der Waals surface area contributed by atoms with Crippen LogP contribution >= 0.6 is 0 Å². The molecule has 8 nitrogen and oxygen atoms in total. The van der Waals surface area contributed by atoms with Gasteiger partial charge < -0.3 is 5.32 Å². The van der Waals surface area contributed by atoms with Crippen molar-refractivity contribution in [1.82, 2.24) is 14.8 Å². The van der Waals surface area contributed by atoms with E-state index < -0.39 is 4.92 Å². The van der Waals surface area contributed by atoms with Crippen molar-refractivity contribution in [3.8, 4) is 0 Å². The van der Waals surface area contributed by atoms with Gasteiger partial charge >= 0.3 is 0 Å². The molecule has 0 saturated heterocycles. The minimum absolute atomic E-state index is 0.0116. The Bertz CT molecular complexity index is 919. The molecule has 3 rings (SSSR count). The Kier molecular flexibility index (Phi) is 4.19. The van der Waals surface area contributed by atoms with Gasteiger partial charge in [0.2, 0.25) is 5.91 Å². The molecule has 2 heterocycles. The smallest absolute Gasteiger partial charge is 0.270 e. The third-order valence-corrected chi connectivity index (χ3v) is 3.55. The predicted molar refractivity (Wildman–Crippen MR) is 88.6 cm³/mol. The average molecular weight is 325 g/mol. The molecule has 0 bridgehead atoms. The Hall–Kier alpha value is -3.29. The molecule has 0 unspecified atom stereocenters. The first-order valence-corrected chi connectivity index (χ1v) is 7.34. The number of aromatic nitrogens is 3. The minimum atomic E-state index is -0.451. The highest BCUT2D eigenvalue weighted by Gasteiger charge is 2.09. The fourth-order valence-corrected chi connectivity index (χ4v) is 2.36. The van der Waals surface area contributed by atoms with Crippen LogP contribution < -0.4 is 5.32 Å². The zero-order valence-corrected chi connectivity index (χ0v) is 13.0. The second-order valence-corrected chi connectivity index (χ2v) is 5.40. The fourth-order valence-electron chi connectivity index (χ4n) is 2.36. The van der Waals surface area contributed by atoms with Crippen LogP contribution in [0.5, 0.6) is 0 Å². The first-order valence-electron chi connectivity index (χ1n) is 7.34. The highest BCUT2D eigenvalue weighted by atomic mass is 16.6. The molecule has 0 fully saturated rings. The summed E-state index contributed by atoms with van der Waals surface area (Å²) in [6.45, 7) is 0. The summed E-state index contributed by atoms with van der Waals surface area (Å²) < 4.78 is 1.69. The number of anilines is 1. The van der Waals surface area contributed by atoms with Crippen LogP contribution in [-0.4, -0.2) is 25.6 Å². The van der Waals surface area contributed by atoms with E-state index in [0.717, 1.165) is 5.56 Å². The summed E-state index contributed by atoms with van der Waals surface area (Å²) in [5.74, 6) is 0.278. The minimum Gasteiger partial charge on any atom is -0.311 e. The topological polar surface area (TPSA) is 103 Å². The van der Waals surface area contributed by atoms with Crippen molar-refractivity contribution >= 4 is 28.3 Å². The van der Waals surface area contributed by atoms with Gasteiger partial charge in [0.25, 0.3) is 5.69 Å². The number of fused-ring (bicyclic) bond motifs is 1. The van der Waals surface area contributed by atoms with Gasteiger partial charge in [-0.15, -0.1) is 0 Å². The molecule has 1 amide bonds. The van der Waals surface area contributed by atoms with Gasteiger partial charge in [0.15, 0.2) is 0 Å². The van der Waals surface area contributed by atoms with Crippen molar-refractivity contribution in [2.24, 2.45) is 7.05 Å². The van der Waals surface area contributed by atoms with E-state index in [1.807, 2.05) is 13.2 Å². The predicted octanol–water partition coefficient (Wildman–Crippen LogP) is 2.45. The highest BCUT2D eigenvalue weighted by molar-refractivity contribution is 5.91. The first kappa shape index (κ1) is 15.6. The molecular formula is C16H15N5O3. The van der Waals surface area contributed by atoms with Crippen molar-refractivity contribution in [3.63, 3.8) is 0 Å². The second-order valence-electron chi connectivity index (χ2n) is 5.40. The van der Waals surface area contributed by atoms with Crippen molar-refractivity contribution in [1.29, 1.82) is 0 Å². The number of benzene rings is 1. The fraction of sp³-hybridized carbons (Fsp3) is 0.188. The second kappa shape index (κ2) is 6.45. The number of nitrogens with zero attached hydrogens (tertiary/aromatic N) is 4. The third kappa shape index (κ3) is 3.54. The Morgan fingerprint density at radius 2 is 2.17 bits per heavy atom. The molecule has 0 atom stereocenters. The number of hydrogen-bond donors (Lipinski definition) is 1. The SMILES string of the molecule is Cn1cc(CCC(=O)Nc2ccc3cc([N+](=O)[O-])ccc3n2)cn1. The number of rotatable bonds is 5. The van der Waals surface area contributed by atoms with Crippen molar-refractivity contribution in [3.05, 3.63) is 58.4 Å². The van der Waals surface area contributed by atoms with Crippen LogP contribution in [0, 0.1) is 10.1 Å². The number of carbonyl (C=O) groups is 1. The molecular weight excluding hydrogens is 310 g/mol. The molecule has 1 N–H and O–H groups in total. The zero-order chi connectivity index (χ0) is 17.1. The van der Waals surface area contributed by atoms with Crippen LogP contribution in [0.2, 0.25) is 0 Å². The molecule has 3 aromatic rings. The summed E-state index contributed by atoms with van der Waals surface area (Å²) in [4.78, 5) is 26.6. The van der Waals surface area contributed by atoms with Gasteiger partial charge in [-0.3, -0.25) is 19.6 Å². The van der Waals surface area contributed by atoms with E-state index in [4.69, 9.17) is 0 Å². The molecule has 0 aliphatic rings. The van der Waals surface area contributed by atoms with E-state index in [-0.39, 0.29) is 11.6 Å². The average Bonchev–Trinajstić information content (AvgIpc) is 2.98. The van der Waals surface area contributed by atoms with Crippen molar-refractivity contribution in [2.75, 3.05) is 5.32 Å². The molecule has 0 aliphatic heterocycles. The monoisotopic (exact) mass is 325 g/mol. The van der Waals surface area contributed by atoms with Gasteiger partial charge in [-0.2, -0.15) is 5.10 Å². The highest BCUT2D eigenvalue weighted by Crippen LogP contribution is 2.21. The lowest BCUT2D eigenvalue weighted by Gasteiger charge is -2.05. The Balaban J connectivity index is 1.67. The largest absolute Gasteiger partial charge is 0.311 e. The van der Waals surface area contributed by atoms with Crippen LogP contribution in [0.4, 0.5) is 11.5 Å². The van der Waals surface area contributed by atoms with E-state index in [1.165, 1.54) is 12.1 Å². The number of nitro benzene ring substituents is 1. The maximum Gasteiger partial charge on any atom is 0.270 e. The van der Waals surface area contributed by atoms with Gasteiger partial charge in [0.1, 0.15) is 5.82 Å². The van der Waals surface area contributed by atoms with Gasteiger partial charge in [0, 0.05) is 37.2 Å².